The van der Waals surface area contributed by atoms with Gasteiger partial charge in [-0.05, 0) is 45.7 Å². The first-order chi connectivity index (χ1) is 9.86. The van der Waals surface area contributed by atoms with E-state index in [9.17, 15) is 9.59 Å². The second kappa shape index (κ2) is 9.00. The lowest BCUT2D eigenvalue weighted by Gasteiger charge is -2.28. The van der Waals surface area contributed by atoms with E-state index in [2.05, 4.69) is 12.2 Å². The van der Waals surface area contributed by atoms with Crippen molar-refractivity contribution in [2.24, 2.45) is 5.92 Å². The van der Waals surface area contributed by atoms with Crippen LogP contribution in [-0.2, 0) is 9.59 Å². The Balaban J connectivity index is 2.37. The molecule has 0 radical (unpaired) electrons. The summed E-state index contributed by atoms with van der Waals surface area (Å²) in [6.07, 6.45) is 4.38. The number of nitrogens with zero attached hydrogens (tertiary/aromatic N) is 2. The van der Waals surface area contributed by atoms with E-state index in [1.807, 2.05) is 19.0 Å². The summed E-state index contributed by atoms with van der Waals surface area (Å²) >= 11 is 0. The number of carboxylic acids is 1. The summed E-state index contributed by atoms with van der Waals surface area (Å²) in [7, 11) is 3.87. The third kappa shape index (κ3) is 8.02. The molecule has 0 unspecified atom stereocenters. The minimum absolute atomic E-state index is 0.0606. The molecule has 21 heavy (non-hydrogen) atoms. The summed E-state index contributed by atoms with van der Waals surface area (Å²) in [5.74, 6) is -0.204. The van der Waals surface area contributed by atoms with E-state index < -0.39 is 5.97 Å². The molecule has 0 spiro atoms. The number of carbonyl (C=O) groups is 2. The van der Waals surface area contributed by atoms with Crippen LogP contribution in [0, 0.1) is 5.92 Å². The molecule has 6 heteroatoms. The van der Waals surface area contributed by atoms with Crippen molar-refractivity contribution >= 4 is 11.9 Å². The molecule has 0 aromatic carbocycles. The molecule has 1 aliphatic carbocycles. The number of nitrogens with one attached hydrogen (secondary N) is 1. The standard InChI is InChI=1S/C15H29N3O3/c1-12-4-6-13(7-5-12)16-14(19)10-18(11-15(20)21)9-8-17(2)3/h12-13H,4-11H2,1-3H3,(H,16,19)(H,20,21). The smallest absolute Gasteiger partial charge is 0.317 e. The van der Waals surface area contributed by atoms with Crippen LogP contribution in [-0.4, -0.2) is 73.1 Å². The highest BCUT2D eigenvalue weighted by Crippen LogP contribution is 2.23. The first-order valence-corrected chi connectivity index (χ1v) is 7.75. The van der Waals surface area contributed by atoms with Crippen LogP contribution in [0.3, 0.4) is 0 Å². The molecule has 1 fully saturated rings. The van der Waals surface area contributed by atoms with E-state index in [1.165, 1.54) is 0 Å². The topological polar surface area (TPSA) is 72.9 Å². The van der Waals surface area contributed by atoms with E-state index in [1.54, 1.807) is 4.90 Å². The molecular weight excluding hydrogens is 270 g/mol. The van der Waals surface area contributed by atoms with Crippen LogP contribution in [0.1, 0.15) is 32.6 Å². The monoisotopic (exact) mass is 299 g/mol. The van der Waals surface area contributed by atoms with Gasteiger partial charge in [0, 0.05) is 19.1 Å². The first kappa shape index (κ1) is 17.9. The van der Waals surface area contributed by atoms with E-state index in [0.717, 1.165) is 38.1 Å². The zero-order valence-corrected chi connectivity index (χ0v) is 13.5. The third-order valence-electron chi connectivity index (χ3n) is 3.97. The maximum Gasteiger partial charge on any atom is 0.317 e. The molecule has 0 bridgehead atoms. The van der Waals surface area contributed by atoms with Crippen LogP contribution in [0.25, 0.3) is 0 Å². The number of rotatable bonds is 8. The lowest BCUT2D eigenvalue weighted by Crippen LogP contribution is -2.46. The van der Waals surface area contributed by atoms with Gasteiger partial charge in [-0.25, -0.2) is 0 Å². The van der Waals surface area contributed by atoms with E-state index in [0.29, 0.717) is 6.54 Å². The summed E-state index contributed by atoms with van der Waals surface area (Å²) in [5.41, 5.74) is 0. The normalized spacial score (nSPS) is 22.5. The quantitative estimate of drug-likeness (QED) is 0.688. The number of aliphatic carboxylic acids is 1. The number of hydrogen-bond acceptors (Lipinski definition) is 4. The minimum atomic E-state index is -0.895. The zero-order valence-electron chi connectivity index (χ0n) is 13.5. The number of carbonyl (C=O) groups excluding carboxylic acids is 1. The fourth-order valence-corrected chi connectivity index (χ4v) is 2.63. The molecule has 122 valence electrons. The lowest BCUT2D eigenvalue weighted by atomic mass is 9.87. The molecule has 0 saturated heterocycles. The fourth-order valence-electron chi connectivity index (χ4n) is 2.63. The molecule has 0 aliphatic heterocycles. The minimum Gasteiger partial charge on any atom is -0.480 e. The Kier molecular flexibility index (Phi) is 7.67. The van der Waals surface area contributed by atoms with Crippen LogP contribution in [0.2, 0.25) is 0 Å². The fraction of sp³-hybridized carbons (Fsp3) is 0.867. The average Bonchev–Trinajstić information content (AvgIpc) is 2.38. The number of amides is 1. The molecule has 1 saturated carbocycles. The van der Waals surface area contributed by atoms with Crippen molar-refractivity contribution in [2.45, 2.75) is 38.6 Å². The van der Waals surface area contributed by atoms with Crippen molar-refractivity contribution in [1.82, 2.24) is 15.1 Å². The van der Waals surface area contributed by atoms with Gasteiger partial charge in [0.2, 0.25) is 5.91 Å². The van der Waals surface area contributed by atoms with Crippen LogP contribution in [0.4, 0.5) is 0 Å². The van der Waals surface area contributed by atoms with Gasteiger partial charge < -0.3 is 15.3 Å². The van der Waals surface area contributed by atoms with Gasteiger partial charge in [0.25, 0.3) is 0 Å². The maximum absolute atomic E-state index is 12.1. The molecule has 1 aliphatic rings. The highest BCUT2D eigenvalue weighted by molar-refractivity contribution is 5.79. The number of carboxylic acid groups (broad SMARTS) is 1. The summed E-state index contributed by atoms with van der Waals surface area (Å²) in [6, 6.07) is 0.259. The molecular formula is C15H29N3O3. The first-order valence-electron chi connectivity index (χ1n) is 7.75. The third-order valence-corrected chi connectivity index (χ3v) is 3.97. The summed E-state index contributed by atoms with van der Waals surface area (Å²) in [6.45, 7) is 3.62. The molecule has 0 atom stereocenters. The van der Waals surface area contributed by atoms with Crippen molar-refractivity contribution in [3.8, 4) is 0 Å². The second-order valence-electron chi connectivity index (χ2n) is 6.43. The predicted octanol–water partition coefficient (Wildman–Crippen LogP) is 0.630. The van der Waals surface area contributed by atoms with Gasteiger partial charge in [0.1, 0.15) is 0 Å². The van der Waals surface area contributed by atoms with Crippen molar-refractivity contribution in [3.05, 3.63) is 0 Å². The Hall–Kier alpha value is -1.14. The van der Waals surface area contributed by atoms with Crippen molar-refractivity contribution < 1.29 is 14.7 Å². The van der Waals surface area contributed by atoms with Gasteiger partial charge in [-0.2, -0.15) is 0 Å². The van der Waals surface area contributed by atoms with E-state index >= 15 is 0 Å². The lowest BCUT2D eigenvalue weighted by molar-refractivity contribution is -0.138. The van der Waals surface area contributed by atoms with Gasteiger partial charge in [0.15, 0.2) is 0 Å². The summed E-state index contributed by atoms with van der Waals surface area (Å²) in [5, 5.41) is 12.0. The highest BCUT2D eigenvalue weighted by Gasteiger charge is 2.21. The SMILES string of the molecule is CC1CCC(NC(=O)CN(CCN(C)C)CC(=O)O)CC1. The number of likely N-dealkylation sites (N-methyl/N-ethyl adjacent to an activating group) is 1. The van der Waals surface area contributed by atoms with Crippen LogP contribution in [0.15, 0.2) is 0 Å². The molecule has 0 aromatic rings. The van der Waals surface area contributed by atoms with Crippen molar-refractivity contribution in [2.75, 3.05) is 40.3 Å². The van der Waals surface area contributed by atoms with E-state index in [4.69, 9.17) is 5.11 Å². The average molecular weight is 299 g/mol. The second-order valence-corrected chi connectivity index (χ2v) is 6.43. The predicted molar refractivity (Wildman–Crippen MR) is 82.2 cm³/mol. The van der Waals surface area contributed by atoms with Crippen LogP contribution in [0.5, 0.6) is 0 Å². The Bertz CT molecular complexity index is 339. The molecule has 2 N–H and O–H groups in total. The molecule has 0 heterocycles. The molecule has 1 rings (SSSR count). The van der Waals surface area contributed by atoms with Gasteiger partial charge in [-0.1, -0.05) is 6.92 Å². The van der Waals surface area contributed by atoms with Gasteiger partial charge >= 0.3 is 5.97 Å². The Morgan fingerprint density at radius 1 is 1.10 bits per heavy atom. The number of hydrogen-bond donors (Lipinski definition) is 2. The van der Waals surface area contributed by atoms with Gasteiger partial charge in [0.05, 0.1) is 13.1 Å². The maximum atomic E-state index is 12.1. The Morgan fingerprint density at radius 2 is 1.71 bits per heavy atom. The zero-order chi connectivity index (χ0) is 15.8. The van der Waals surface area contributed by atoms with Gasteiger partial charge in [-0.3, -0.25) is 14.5 Å². The molecule has 6 nitrogen and oxygen atoms in total. The molecule has 0 aromatic heterocycles. The van der Waals surface area contributed by atoms with E-state index in [-0.39, 0.29) is 25.0 Å². The Morgan fingerprint density at radius 3 is 2.24 bits per heavy atom. The van der Waals surface area contributed by atoms with Crippen molar-refractivity contribution in [1.29, 1.82) is 0 Å². The largest absolute Gasteiger partial charge is 0.480 e. The molecule has 1 amide bonds. The van der Waals surface area contributed by atoms with Gasteiger partial charge in [-0.15, -0.1) is 0 Å². The van der Waals surface area contributed by atoms with Crippen molar-refractivity contribution in [3.63, 3.8) is 0 Å². The highest BCUT2D eigenvalue weighted by atomic mass is 16.4. The Labute approximate surface area is 127 Å². The summed E-state index contributed by atoms with van der Waals surface area (Å²) < 4.78 is 0. The summed E-state index contributed by atoms with van der Waals surface area (Å²) in [4.78, 5) is 26.6. The van der Waals surface area contributed by atoms with Crippen LogP contribution >= 0.6 is 0 Å². The van der Waals surface area contributed by atoms with Crippen LogP contribution < -0.4 is 5.32 Å².